The van der Waals surface area contributed by atoms with Gasteiger partial charge in [0.2, 0.25) is 0 Å². The molecule has 1 aliphatic rings. The van der Waals surface area contributed by atoms with Crippen LogP contribution in [-0.4, -0.2) is 18.8 Å². The van der Waals surface area contributed by atoms with E-state index in [0.717, 1.165) is 28.0 Å². The third-order valence-corrected chi connectivity index (χ3v) is 5.71. The van der Waals surface area contributed by atoms with Crippen molar-refractivity contribution in [2.75, 3.05) is 12.4 Å². The number of aryl methyl sites for hydroxylation is 1. The summed E-state index contributed by atoms with van der Waals surface area (Å²) in [6, 6.07) is 24.0. The van der Waals surface area contributed by atoms with Crippen LogP contribution in [0.15, 0.2) is 78.9 Å². The van der Waals surface area contributed by atoms with Gasteiger partial charge in [0.05, 0.1) is 7.11 Å². The number of ether oxygens (including phenoxy) is 2. The van der Waals surface area contributed by atoms with Crippen molar-refractivity contribution < 1.29 is 14.3 Å². The van der Waals surface area contributed by atoms with Crippen LogP contribution in [-0.2, 0) is 14.9 Å². The van der Waals surface area contributed by atoms with Gasteiger partial charge < -0.3 is 14.8 Å². The Labute approximate surface area is 189 Å². The highest BCUT2D eigenvalue weighted by atomic mass is 16.6. The number of nitrogens with one attached hydrogen (secondary N) is 1. The lowest BCUT2D eigenvalue weighted by molar-refractivity contribution is -0.152. The maximum absolute atomic E-state index is 13.1. The molecule has 0 fully saturated rings. The molecule has 0 aromatic heterocycles. The lowest BCUT2D eigenvalue weighted by Gasteiger charge is -2.36. The summed E-state index contributed by atoms with van der Waals surface area (Å²) in [6.45, 7) is 8.57. The fourth-order valence-corrected chi connectivity index (χ4v) is 3.85. The van der Waals surface area contributed by atoms with E-state index in [-0.39, 0.29) is 5.41 Å². The summed E-state index contributed by atoms with van der Waals surface area (Å²) in [7, 11) is 1.37. The van der Waals surface area contributed by atoms with Crippen LogP contribution in [0.5, 0.6) is 5.75 Å². The Morgan fingerprint density at radius 3 is 2.28 bits per heavy atom. The number of esters is 1. The van der Waals surface area contributed by atoms with E-state index in [1.807, 2.05) is 73.7 Å². The summed E-state index contributed by atoms with van der Waals surface area (Å²) in [5, 5.41) is 3.28. The highest BCUT2D eigenvalue weighted by Gasteiger charge is 2.44. The van der Waals surface area contributed by atoms with Gasteiger partial charge in [0, 0.05) is 17.3 Å². The number of hydrogen-bond donors (Lipinski definition) is 1. The quantitative estimate of drug-likeness (QED) is 0.511. The topological polar surface area (TPSA) is 47.6 Å². The van der Waals surface area contributed by atoms with Crippen molar-refractivity contribution in [1.29, 1.82) is 0 Å². The van der Waals surface area contributed by atoms with Crippen molar-refractivity contribution in [3.63, 3.8) is 0 Å². The van der Waals surface area contributed by atoms with Gasteiger partial charge in [-0.05, 0) is 53.3 Å². The molecule has 0 amide bonds. The predicted molar refractivity (Wildman–Crippen MR) is 129 cm³/mol. The van der Waals surface area contributed by atoms with E-state index in [1.54, 1.807) is 0 Å². The monoisotopic (exact) mass is 427 g/mol. The van der Waals surface area contributed by atoms with E-state index in [0.29, 0.717) is 5.75 Å². The van der Waals surface area contributed by atoms with Crippen molar-refractivity contribution in [2.45, 2.75) is 38.8 Å². The molecule has 0 bridgehead atoms. The summed E-state index contributed by atoms with van der Waals surface area (Å²) in [4.78, 5) is 13.1. The van der Waals surface area contributed by atoms with Crippen molar-refractivity contribution in [2.24, 2.45) is 0 Å². The first-order valence-electron chi connectivity index (χ1n) is 10.8. The van der Waals surface area contributed by atoms with E-state index >= 15 is 0 Å². The molecule has 0 spiro atoms. The maximum Gasteiger partial charge on any atom is 0.376 e. The molecule has 1 aliphatic heterocycles. The smallest absolute Gasteiger partial charge is 0.376 e. The van der Waals surface area contributed by atoms with Crippen molar-refractivity contribution in [3.05, 3.63) is 101 Å². The van der Waals surface area contributed by atoms with Gasteiger partial charge in [-0.2, -0.15) is 0 Å². The van der Waals surface area contributed by atoms with Gasteiger partial charge in [-0.15, -0.1) is 0 Å². The molecule has 4 heteroatoms. The summed E-state index contributed by atoms with van der Waals surface area (Å²) in [5.74, 6) is 0.112. The molecule has 0 radical (unpaired) electrons. The number of carbonyl (C=O) groups excluding carboxylic acids is 1. The minimum Gasteiger partial charge on any atom is -0.464 e. The number of hydrogen-bond acceptors (Lipinski definition) is 4. The van der Waals surface area contributed by atoms with Crippen LogP contribution in [0.2, 0.25) is 0 Å². The summed E-state index contributed by atoms with van der Waals surface area (Å²) in [5.41, 5.74) is 4.45. The molecule has 3 aromatic rings. The van der Waals surface area contributed by atoms with E-state index in [1.165, 1.54) is 12.7 Å². The maximum atomic E-state index is 13.1. The molecule has 1 unspecified atom stereocenters. The molecule has 0 saturated carbocycles. The second kappa shape index (κ2) is 8.19. The summed E-state index contributed by atoms with van der Waals surface area (Å²) < 4.78 is 11.6. The molecule has 1 atom stereocenters. The Balaban J connectivity index is 1.91. The van der Waals surface area contributed by atoms with Crippen molar-refractivity contribution in [1.82, 2.24) is 0 Å². The van der Waals surface area contributed by atoms with Crippen LogP contribution < -0.4 is 10.1 Å². The number of carbonyl (C=O) groups is 1. The van der Waals surface area contributed by atoms with Gasteiger partial charge in [0.15, 0.2) is 0 Å². The number of methoxy groups -OCH3 is 1. The fourth-order valence-electron chi connectivity index (χ4n) is 3.85. The van der Waals surface area contributed by atoms with Gasteiger partial charge in [-0.3, -0.25) is 0 Å². The second-order valence-electron chi connectivity index (χ2n) is 9.21. The number of rotatable bonds is 4. The lowest BCUT2D eigenvalue weighted by atomic mass is 9.83. The molecule has 3 aromatic carbocycles. The molecule has 1 N–H and O–H groups in total. The Bertz CT molecular complexity index is 1160. The van der Waals surface area contributed by atoms with Crippen LogP contribution in [0.3, 0.4) is 0 Å². The van der Waals surface area contributed by atoms with E-state index in [2.05, 4.69) is 38.2 Å². The number of anilines is 1. The highest BCUT2D eigenvalue weighted by Crippen LogP contribution is 2.42. The fraction of sp³-hybridized carbons (Fsp3) is 0.250. The summed E-state index contributed by atoms with van der Waals surface area (Å²) >= 11 is 0. The van der Waals surface area contributed by atoms with E-state index in [4.69, 9.17) is 9.47 Å². The molecule has 164 valence electrons. The zero-order valence-corrected chi connectivity index (χ0v) is 19.2. The van der Waals surface area contributed by atoms with Crippen LogP contribution in [0.25, 0.3) is 5.57 Å². The van der Waals surface area contributed by atoms with Gasteiger partial charge in [-0.1, -0.05) is 74.9 Å². The number of benzene rings is 3. The SMILES string of the molecule is COC(=O)C1(Nc2ccc(C)cc2)C=C(c2ccccc2)c2cc(C(C)(C)C)ccc2O1. The van der Waals surface area contributed by atoms with Crippen LogP contribution in [0, 0.1) is 6.92 Å². The third kappa shape index (κ3) is 4.13. The zero-order chi connectivity index (χ0) is 22.9. The molecular weight excluding hydrogens is 398 g/mol. The standard InChI is InChI=1S/C28H29NO3/c1-19-11-14-22(15-12-19)29-28(26(30)31-5)18-24(20-9-7-6-8-10-20)23-17-21(27(2,3)4)13-16-25(23)32-28/h6-18,29H,1-5H3. The summed E-state index contributed by atoms with van der Waals surface area (Å²) in [6.07, 6.45) is 1.84. The molecular formula is C28H29NO3. The molecule has 0 aliphatic carbocycles. The minimum absolute atomic E-state index is 0.0200. The van der Waals surface area contributed by atoms with Crippen molar-refractivity contribution >= 4 is 17.2 Å². The molecule has 4 nitrogen and oxygen atoms in total. The zero-order valence-electron chi connectivity index (χ0n) is 19.2. The Hall–Kier alpha value is -3.53. The molecule has 32 heavy (non-hydrogen) atoms. The van der Waals surface area contributed by atoms with Gasteiger partial charge in [0.25, 0.3) is 5.72 Å². The third-order valence-electron chi connectivity index (χ3n) is 5.71. The van der Waals surface area contributed by atoms with Gasteiger partial charge >= 0.3 is 5.97 Å². The van der Waals surface area contributed by atoms with Crippen molar-refractivity contribution in [3.8, 4) is 5.75 Å². The normalized spacial score (nSPS) is 17.6. The largest absolute Gasteiger partial charge is 0.464 e. The lowest BCUT2D eigenvalue weighted by Crippen LogP contribution is -2.52. The van der Waals surface area contributed by atoms with E-state index < -0.39 is 11.7 Å². The molecule has 0 saturated heterocycles. The average molecular weight is 428 g/mol. The predicted octanol–water partition coefficient (Wildman–Crippen LogP) is 6.10. The minimum atomic E-state index is -1.49. The average Bonchev–Trinajstić information content (AvgIpc) is 2.79. The second-order valence-corrected chi connectivity index (χ2v) is 9.21. The first-order valence-corrected chi connectivity index (χ1v) is 10.8. The Morgan fingerprint density at radius 1 is 0.969 bits per heavy atom. The first kappa shape index (κ1) is 21.7. The Morgan fingerprint density at radius 2 is 1.66 bits per heavy atom. The highest BCUT2D eigenvalue weighted by molar-refractivity contribution is 5.94. The molecule has 1 heterocycles. The van der Waals surface area contributed by atoms with Gasteiger partial charge in [-0.25, -0.2) is 4.79 Å². The van der Waals surface area contributed by atoms with E-state index in [9.17, 15) is 4.79 Å². The van der Waals surface area contributed by atoms with Crippen LogP contribution >= 0.6 is 0 Å². The van der Waals surface area contributed by atoms with Crippen LogP contribution in [0.1, 0.15) is 43.0 Å². The van der Waals surface area contributed by atoms with Crippen LogP contribution in [0.4, 0.5) is 5.69 Å². The number of fused-ring (bicyclic) bond motifs is 1. The molecule has 4 rings (SSSR count). The Kier molecular flexibility index (Phi) is 5.55. The first-order chi connectivity index (χ1) is 15.2. The van der Waals surface area contributed by atoms with Gasteiger partial charge in [0.1, 0.15) is 5.75 Å².